The average molecular weight is 264 g/mol. The van der Waals surface area contributed by atoms with E-state index < -0.39 is 16.1 Å². The Morgan fingerprint density at radius 2 is 2.12 bits per heavy atom. The molecule has 0 fully saturated rings. The number of sulfonamides is 1. The summed E-state index contributed by atoms with van der Waals surface area (Å²) in [7, 11) is -3.56. The molecular formula is C10H14ClNO3S. The molecule has 0 heterocycles. The number of aliphatic hydroxyl groups excluding tert-OH is 1. The monoisotopic (exact) mass is 263 g/mol. The molecule has 1 unspecified atom stereocenters. The van der Waals surface area contributed by atoms with Gasteiger partial charge in [-0.1, -0.05) is 11.6 Å². The summed E-state index contributed by atoms with van der Waals surface area (Å²) in [6.45, 7) is 3.23. The van der Waals surface area contributed by atoms with Gasteiger partial charge in [0.05, 0.1) is 11.0 Å². The Morgan fingerprint density at radius 3 is 2.62 bits per heavy atom. The number of hydrogen-bond acceptors (Lipinski definition) is 3. The number of benzene rings is 1. The first-order valence-electron chi connectivity index (χ1n) is 4.77. The summed E-state index contributed by atoms with van der Waals surface area (Å²) in [6, 6.07) is 4.46. The lowest BCUT2D eigenvalue weighted by Gasteiger charge is -2.09. The van der Waals surface area contributed by atoms with Gasteiger partial charge in [0.2, 0.25) is 10.0 Å². The van der Waals surface area contributed by atoms with Crippen LogP contribution in [0.2, 0.25) is 5.02 Å². The van der Waals surface area contributed by atoms with Gasteiger partial charge in [-0.05, 0) is 37.6 Å². The zero-order chi connectivity index (χ0) is 12.3. The molecule has 0 bridgehead atoms. The van der Waals surface area contributed by atoms with E-state index in [-0.39, 0.29) is 11.4 Å². The summed E-state index contributed by atoms with van der Waals surface area (Å²) in [6.07, 6.45) is -0.719. The van der Waals surface area contributed by atoms with Crippen molar-refractivity contribution in [1.29, 1.82) is 0 Å². The largest absolute Gasteiger partial charge is 0.392 e. The molecular weight excluding hydrogens is 250 g/mol. The first-order chi connectivity index (χ1) is 7.33. The lowest BCUT2D eigenvalue weighted by molar-refractivity contribution is 0.198. The molecule has 1 aromatic rings. The highest BCUT2D eigenvalue weighted by Crippen LogP contribution is 2.19. The smallest absolute Gasteiger partial charge is 0.240 e. The van der Waals surface area contributed by atoms with E-state index in [0.29, 0.717) is 10.6 Å². The van der Waals surface area contributed by atoms with Crippen molar-refractivity contribution in [3.05, 3.63) is 28.8 Å². The minimum Gasteiger partial charge on any atom is -0.392 e. The number of aryl methyl sites for hydroxylation is 1. The molecule has 1 atom stereocenters. The third-order valence-corrected chi connectivity index (χ3v) is 3.85. The van der Waals surface area contributed by atoms with Crippen LogP contribution in [0, 0.1) is 6.92 Å². The van der Waals surface area contributed by atoms with Gasteiger partial charge in [0.15, 0.2) is 0 Å². The Bertz CT molecular complexity index is 471. The predicted octanol–water partition coefficient (Wildman–Crippen LogP) is 1.31. The summed E-state index contributed by atoms with van der Waals surface area (Å²) in [5, 5.41) is 9.54. The number of rotatable bonds is 4. The van der Waals surface area contributed by atoms with Gasteiger partial charge in [-0.25, -0.2) is 13.1 Å². The normalized spacial score (nSPS) is 13.8. The van der Waals surface area contributed by atoms with Gasteiger partial charge in [0.1, 0.15) is 0 Å². The van der Waals surface area contributed by atoms with Crippen molar-refractivity contribution in [3.8, 4) is 0 Å². The quantitative estimate of drug-likeness (QED) is 0.861. The van der Waals surface area contributed by atoms with Crippen LogP contribution in [0.3, 0.4) is 0 Å². The molecule has 0 aliphatic carbocycles. The second-order valence-electron chi connectivity index (χ2n) is 3.61. The van der Waals surface area contributed by atoms with Crippen molar-refractivity contribution in [1.82, 2.24) is 4.72 Å². The van der Waals surface area contributed by atoms with E-state index >= 15 is 0 Å². The molecule has 0 saturated carbocycles. The van der Waals surface area contributed by atoms with Crippen LogP contribution in [0.5, 0.6) is 0 Å². The molecule has 0 saturated heterocycles. The zero-order valence-electron chi connectivity index (χ0n) is 9.07. The fourth-order valence-electron chi connectivity index (χ4n) is 1.10. The van der Waals surface area contributed by atoms with Gasteiger partial charge in [-0.15, -0.1) is 0 Å². The lowest BCUT2D eigenvalue weighted by atomic mass is 10.2. The van der Waals surface area contributed by atoms with E-state index in [4.69, 9.17) is 16.7 Å². The van der Waals surface area contributed by atoms with Gasteiger partial charge >= 0.3 is 0 Å². The Labute approximate surface area is 100 Å². The molecule has 1 aromatic carbocycles. The Morgan fingerprint density at radius 1 is 1.50 bits per heavy atom. The van der Waals surface area contributed by atoms with E-state index in [2.05, 4.69) is 4.72 Å². The summed E-state index contributed by atoms with van der Waals surface area (Å²) in [5.41, 5.74) is 0.696. The molecule has 0 aliphatic heterocycles. The molecule has 0 radical (unpaired) electrons. The molecule has 2 N–H and O–H groups in total. The molecule has 0 amide bonds. The Kier molecular flexibility index (Phi) is 4.32. The molecule has 0 spiro atoms. The summed E-state index contributed by atoms with van der Waals surface area (Å²) < 4.78 is 25.8. The van der Waals surface area contributed by atoms with Crippen molar-refractivity contribution in [3.63, 3.8) is 0 Å². The molecule has 4 nitrogen and oxygen atoms in total. The van der Waals surface area contributed by atoms with E-state index in [1.165, 1.54) is 25.1 Å². The molecule has 90 valence electrons. The van der Waals surface area contributed by atoms with E-state index in [1.54, 1.807) is 6.92 Å². The number of nitrogens with one attached hydrogen (secondary N) is 1. The maximum atomic E-state index is 11.7. The van der Waals surface area contributed by atoms with E-state index in [1.807, 2.05) is 0 Å². The van der Waals surface area contributed by atoms with Crippen molar-refractivity contribution >= 4 is 21.6 Å². The highest BCUT2D eigenvalue weighted by Gasteiger charge is 2.15. The first kappa shape index (κ1) is 13.4. The standard InChI is InChI=1S/C10H14ClNO3S/c1-7-5-9(3-4-10(7)11)16(14,15)12-6-8(2)13/h3-5,8,12-13H,6H2,1-2H3. The van der Waals surface area contributed by atoms with Gasteiger partial charge in [-0.2, -0.15) is 0 Å². The molecule has 16 heavy (non-hydrogen) atoms. The molecule has 0 aliphatic rings. The third kappa shape index (κ3) is 3.45. The fraction of sp³-hybridized carbons (Fsp3) is 0.400. The minimum absolute atomic E-state index is 0.00991. The van der Waals surface area contributed by atoms with E-state index in [9.17, 15) is 8.42 Å². The van der Waals surface area contributed by atoms with Gasteiger partial charge in [0.25, 0.3) is 0 Å². The SMILES string of the molecule is Cc1cc(S(=O)(=O)NCC(C)O)ccc1Cl. The lowest BCUT2D eigenvalue weighted by Crippen LogP contribution is -2.30. The number of aliphatic hydroxyl groups is 1. The summed E-state index contributed by atoms with van der Waals surface area (Å²) >= 11 is 5.80. The topological polar surface area (TPSA) is 66.4 Å². The summed E-state index contributed by atoms with van der Waals surface area (Å²) in [5.74, 6) is 0. The molecule has 1 rings (SSSR count). The predicted molar refractivity (Wildman–Crippen MR) is 63.1 cm³/mol. The van der Waals surface area contributed by atoms with Crippen LogP contribution in [0.4, 0.5) is 0 Å². The molecule has 0 aromatic heterocycles. The minimum atomic E-state index is -3.56. The second kappa shape index (κ2) is 5.14. The van der Waals surface area contributed by atoms with Crippen molar-refractivity contribution in [2.75, 3.05) is 6.54 Å². The van der Waals surface area contributed by atoms with Crippen LogP contribution in [0.25, 0.3) is 0 Å². The first-order valence-corrected chi connectivity index (χ1v) is 6.63. The average Bonchev–Trinajstić information content (AvgIpc) is 2.19. The number of hydrogen-bond donors (Lipinski definition) is 2. The highest BCUT2D eigenvalue weighted by atomic mass is 35.5. The van der Waals surface area contributed by atoms with Crippen LogP contribution in [-0.2, 0) is 10.0 Å². The maximum Gasteiger partial charge on any atom is 0.240 e. The highest BCUT2D eigenvalue weighted by molar-refractivity contribution is 7.89. The second-order valence-corrected chi connectivity index (χ2v) is 5.79. The maximum absolute atomic E-state index is 11.7. The Hall–Kier alpha value is -0.620. The van der Waals surface area contributed by atoms with Crippen molar-refractivity contribution in [2.24, 2.45) is 0 Å². The van der Waals surface area contributed by atoms with Crippen LogP contribution >= 0.6 is 11.6 Å². The van der Waals surface area contributed by atoms with Crippen LogP contribution in [-0.4, -0.2) is 26.2 Å². The van der Waals surface area contributed by atoms with Crippen molar-refractivity contribution < 1.29 is 13.5 Å². The third-order valence-electron chi connectivity index (χ3n) is 2.01. The summed E-state index contributed by atoms with van der Waals surface area (Å²) in [4.78, 5) is 0.148. The van der Waals surface area contributed by atoms with Crippen LogP contribution in [0.1, 0.15) is 12.5 Å². The van der Waals surface area contributed by atoms with Crippen molar-refractivity contribution in [2.45, 2.75) is 24.8 Å². The fourth-order valence-corrected chi connectivity index (χ4v) is 2.42. The van der Waals surface area contributed by atoms with Gasteiger partial charge in [0, 0.05) is 11.6 Å². The zero-order valence-corrected chi connectivity index (χ0v) is 10.6. The molecule has 6 heteroatoms. The van der Waals surface area contributed by atoms with Crippen LogP contribution < -0.4 is 4.72 Å². The number of halogens is 1. The van der Waals surface area contributed by atoms with Gasteiger partial charge in [-0.3, -0.25) is 0 Å². The Balaban J connectivity index is 2.94. The van der Waals surface area contributed by atoms with Gasteiger partial charge < -0.3 is 5.11 Å². The van der Waals surface area contributed by atoms with Crippen LogP contribution in [0.15, 0.2) is 23.1 Å². The van der Waals surface area contributed by atoms with E-state index in [0.717, 1.165) is 0 Å².